The third-order valence-electron chi connectivity index (χ3n) is 5.52. The average Bonchev–Trinajstić information content (AvgIpc) is 3.24. The van der Waals surface area contributed by atoms with Gasteiger partial charge in [-0.1, -0.05) is 35.0 Å². The molecular weight excluding hydrogens is 394 g/mol. The number of anilines is 2. The van der Waals surface area contributed by atoms with E-state index in [0.717, 1.165) is 31.7 Å². The Morgan fingerprint density at radius 2 is 1.74 bits per heavy atom. The zero-order chi connectivity index (χ0) is 22.0. The molecule has 0 spiro atoms. The van der Waals surface area contributed by atoms with Crippen LogP contribution >= 0.6 is 0 Å². The number of hydrogen-bond acceptors (Lipinski definition) is 10. The number of benzene rings is 1. The fourth-order valence-corrected chi connectivity index (χ4v) is 3.59. The molecule has 2 N–H and O–H groups in total. The number of nitrogens with two attached hydrogens (primary N) is 1. The molecule has 4 rings (SSSR count). The van der Waals surface area contributed by atoms with Crippen LogP contribution in [0.2, 0.25) is 0 Å². The smallest absolute Gasteiger partial charge is 0.244 e. The van der Waals surface area contributed by atoms with Gasteiger partial charge in [0.1, 0.15) is 5.82 Å². The summed E-state index contributed by atoms with van der Waals surface area (Å²) in [5, 5.41) is 4.17. The van der Waals surface area contributed by atoms with Crippen molar-refractivity contribution in [1.29, 1.82) is 0 Å². The second-order valence-electron chi connectivity index (χ2n) is 8.11. The lowest BCUT2D eigenvalue weighted by atomic mass is 10.1. The van der Waals surface area contributed by atoms with Gasteiger partial charge in [0.15, 0.2) is 0 Å². The van der Waals surface area contributed by atoms with E-state index in [2.05, 4.69) is 60.9 Å². The first kappa shape index (κ1) is 21.1. The summed E-state index contributed by atoms with van der Waals surface area (Å²) in [5.41, 5.74) is 8.01. The predicted molar refractivity (Wildman–Crippen MR) is 118 cm³/mol. The van der Waals surface area contributed by atoms with Crippen LogP contribution in [0, 0.1) is 6.92 Å². The standard InChI is InChI=1S/C21H29N9O/c1-14-5-7-16(8-6-14)18-25-19(31-27-18)15(2)30-11-9-29(10-12-30)13-17-23-20(22)26-21(24-17)28(3)4/h5-8,15H,9-13H2,1-4H3,(H2,22,23,24,26)/t15-/m0/s1. The molecule has 0 aliphatic carbocycles. The van der Waals surface area contributed by atoms with E-state index < -0.39 is 0 Å². The summed E-state index contributed by atoms with van der Waals surface area (Å²) in [6, 6.07) is 8.19. The highest BCUT2D eigenvalue weighted by Crippen LogP contribution is 2.24. The number of hydrogen-bond donors (Lipinski definition) is 1. The molecule has 3 aromatic rings. The van der Waals surface area contributed by atoms with E-state index in [9.17, 15) is 0 Å². The Balaban J connectivity index is 1.35. The SMILES string of the molecule is Cc1ccc(-c2noc([C@H](C)N3CCN(Cc4nc(N)nc(N(C)C)n4)CC3)n2)cc1. The van der Waals surface area contributed by atoms with Crippen molar-refractivity contribution >= 4 is 11.9 Å². The molecule has 2 aromatic heterocycles. The summed E-state index contributed by atoms with van der Waals surface area (Å²) < 4.78 is 5.57. The van der Waals surface area contributed by atoms with Gasteiger partial charge in [0.05, 0.1) is 12.6 Å². The molecule has 31 heavy (non-hydrogen) atoms. The molecular formula is C21H29N9O. The minimum atomic E-state index is 0.0574. The van der Waals surface area contributed by atoms with Gasteiger partial charge in [0, 0.05) is 45.8 Å². The molecule has 3 heterocycles. The van der Waals surface area contributed by atoms with Crippen LogP contribution in [0.15, 0.2) is 28.8 Å². The van der Waals surface area contributed by atoms with E-state index in [0.29, 0.717) is 30.0 Å². The van der Waals surface area contributed by atoms with E-state index in [-0.39, 0.29) is 12.0 Å². The topological polar surface area (TPSA) is 113 Å². The lowest BCUT2D eigenvalue weighted by Crippen LogP contribution is -2.46. The Bertz CT molecular complexity index is 1010. The van der Waals surface area contributed by atoms with E-state index in [1.54, 1.807) is 0 Å². The normalized spacial score (nSPS) is 16.4. The Hall–Kier alpha value is -3.11. The van der Waals surface area contributed by atoms with Crippen LogP contribution in [0.5, 0.6) is 0 Å². The van der Waals surface area contributed by atoms with E-state index >= 15 is 0 Å². The molecule has 0 radical (unpaired) electrons. The monoisotopic (exact) mass is 423 g/mol. The lowest BCUT2D eigenvalue weighted by molar-refractivity contribution is 0.0831. The summed E-state index contributed by atoms with van der Waals surface area (Å²) in [5.74, 6) is 2.80. The van der Waals surface area contributed by atoms with Crippen LogP contribution in [0.3, 0.4) is 0 Å². The maximum atomic E-state index is 5.84. The molecule has 0 unspecified atom stereocenters. The molecule has 1 aliphatic heterocycles. The van der Waals surface area contributed by atoms with E-state index in [1.165, 1.54) is 5.56 Å². The first-order chi connectivity index (χ1) is 14.9. The van der Waals surface area contributed by atoms with Gasteiger partial charge in [-0.25, -0.2) is 0 Å². The first-order valence-corrected chi connectivity index (χ1v) is 10.4. The summed E-state index contributed by atoms with van der Waals surface area (Å²) >= 11 is 0. The second kappa shape index (κ2) is 8.94. The molecule has 1 aromatic carbocycles. The Labute approximate surface area is 182 Å². The van der Waals surface area contributed by atoms with Crippen molar-refractivity contribution in [2.45, 2.75) is 26.4 Å². The van der Waals surface area contributed by atoms with Gasteiger partial charge < -0.3 is 15.2 Å². The molecule has 1 saturated heterocycles. The summed E-state index contributed by atoms with van der Waals surface area (Å²) in [6.07, 6.45) is 0. The van der Waals surface area contributed by atoms with Crippen molar-refractivity contribution in [1.82, 2.24) is 34.9 Å². The third-order valence-corrected chi connectivity index (χ3v) is 5.52. The van der Waals surface area contributed by atoms with Crippen LogP contribution < -0.4 is 10.6 Å². The zero-order valence-electron chi connectivity index (χ0n) is 18.5. The highest BCUT2D eigenvalue weighted by atomic mass is 16.5. The van der Waals surface area contributed by atoms with Crippen LogP contribution in [-0.2, 0) is 6.54 Å². The summed E-state index contributed by atoms with van der Waals surface area (Å²) in [4.78, 5) is 24.1. The maximum Gasteiger partial charge on any atom is 0.244 e. The maximum absolute atomic E-state index is 5.84. The second-order valence-corrected chi connectivity index (χ2v) is 8.11. The van der Waals surface area contributed by atoms with Crippen molar-refractivity contribution in [3.05, 3.63) is 41.5 Å². The van der Waals surface area contributed by atoms with Crippen LogP contribution in [-0.4, -0.2) is 75.2 Å². The van der Waals surface area contributed by atoms with Crippen LogP contribution in [0.4, 0.5) is 11.9 Å². The third kappa shape index (κ3) is 4.97. The molecule has 164 valence electrons. The van der Waals surface area contributed by atoms with Gasteiger partial charge in [-0.2, -0.15) is 19.9 Å². The number of piperazine rings is 1. The predicted octanol–water partition coefficient (Wildman–Crippen LogP) is 1.76. The number of nitrogens with zero attached hydrogens (tertiary/aromatic N) is 8. The fourth-order valence-electron chi connectivity index (χ4n) is 3.59. The highest BCUT2D eigenvalue weighted by Gasteiger charge is 2.26. The Morgan fingerprint density at radius 3 is 2.42 bits per heavy atom. The van der Waals surface area contributed by atoms with Crippen molar-refractivity contribution in [2.24, 2.45) is 0 Å². The Kier molecular flexibility index (Phi) is 6.10. The lowest BCUT2D eigenvalue weighted by Gasteiger charge is -2.36. The number of rotatable bonds is 6. The largest absolute Gasteiger partial charge is 0.368 e. The van der Waals surface area contributed by atoms with Crippen molar-refractivity contribution in [3.8, 4) is 11.4 Å². The molecule has 1 atom stereocenters. The van der Waals surface area contributed by atoms with Gasteiger partial charge in [0.2, 0.25) is 23.6 Å². The molecule has 10 heteroatoms. The fraction of sp³-hybridized carbons (Fsp3) is 0.476. The van der Waals surface area contributed by atoms with Crippen LogP contribution in [0.1, 0.15) is 30.2 Å². The molecule has 1 fully saturated rings. The summed E-state index contributed by atoms with van der Waals surface area (Å²) in [6.45, 7) is 8.39. The number of nitrogen functional groups attached to an aromatic ring is 1. The van der Waals surface area contributed by atoms with Crippen molar-refractivity contribution in [2.75, 3.05) is 50.9 Å². The highest BCUT2D eigenvalue weighted by molar-refractivity contribution is 5.54. The van der Waals surface area contributed by atoms with Gasteiger partial charge in [-0.3, -0.25) is 9.80 Å². The molecule has 10 nitrogen and oxygen atoms in total. The van der Waals surface area contributed by atoms with Gasteiger partial charge in [-0.05, 0) is 13.8 Å². The minimum absolute atomic E-state index is 0.0574. The molecule has 0 saturated carbocycles. The molecule has 1 aliphatic rings. The zero-order valence-corrected chi connectivity index (χ0v) is 18.5. The Morgan fingerprint density at radius 1 is 1.03 bits per heavy atom. The number of aryl methyl sites for hydroxylation is 1. The number of aromatic nitrogens is 5. The van der Waals surface area contributed by atoms with E-state index in [4.69, 9.17) is 10.3 Å². The average molecular weight is 424 g/mol. The molecule has 0 bridgehead atoms. The van der Waals surface area contributed by atoms with E-state index in [1.807, 2.05) is 31.1 Å². The minimum Gasteiger partial charge on any atom is -0.368 e. The quantitative estimate of drug-likeness (QED) is 0.629. The molecule has 0 amide bonds. The van der Waals surface area contributed by atoms with Gasteiger partial charge in [-0.15, -0.1) is 0 Å². The summed E-state index contributed by atoms with van der Waals surface area (Å²) in [7, 11) is 3.78. The van der Waals surface area contributed by atoms with Gasteiger partial charge in [0.25, 0.3) is 0 Å². The van der Waals surface area contributed by atoms with Crippen molar-refractivity contribution in [3.63, 3.8) is 0 Å². The first-order valence-electron chi connectivity index (χ1n) is 10.4. The van der Waals surface area contributed by atoms with Gasteiger partial charge >= 0.3 is 0 Å². The van der Waals surface area contributed by atoms with Crippen molar-refractivity contribution < 1.29 is 4.52 Å². The van der Waals surface area contributed by atoms with Crippen LogP contribution in [0.25, 0.3) is 11.4 Å².